The lowest BCUT2D eigenvalue weighted by Crippen LogP contribution is -1.97. The fourth-order valence-corrected chi connectivity index (χ4v) is 9.58. The summed E-state index contributed by atoms with van der Waals surface area (Å²) in [7, 11) is 0. The first kappa shape index (κ1) is 31.4. The van der Waals surface area contributed by atoms with Crippen molar-refractivity contribution in [1.29, 1.82) is 0 Å². The minimum Gasteiger partial charge on any atom is -0.456 e. The van der Waals surface area contributed by atoms with Crippen molar-refractivity contribution in [2.45, 2.75) is 0 Å². The molecule has 4 nitrogen and oxygen atoms in total. The van der Waals surface area contributed by atoms with Crippen LogP contribution in [-0.4, -0.2) is 9.13 Å². The summed E-state index contributed by atoms with van der Waals surface area (Å²) < 4.78 is 17.5. The third-order valence-corrected chi connectivity index (χ3v) is 12.1. The number of furan rings is 2. The van der Waals surface area contributed by atoms with Gasteiger partial charge < -0.3 is 18.0 Å². The zero-order chi connectivity index (χ0) is 37.9. The summed E-state index contributed by atoms with van der Waals surface area (Å²) in [4.78, 5) is 0. The molecule has 0 aliphatic heterocycles. The van der Waals surface area contributed by atoms with Gasteiger partial charge in [-0.05, 0) is 95.6 Å². The number of hydrogen-bond acceptors (Lipinski definition) is 2. The molecule has 0 radical (unpaired) electrons. The molecule has 4 heterocycles. The number of aromatic nitrogens is 2. The Kier molecular flexibility index (Phi) is 6.41. The van der Waals surface area contributed by atoms with Crippen molar-refractivity contribution in [3.8, 4) is 33.6 Å². The van der Waals surface area contributed by atoms with Crippen LogP contribution in [-0.2, 0) is 0 Å². The SMILES string of the molecule is c1ccc(-n2c3ccccc3c3cc(-c4cccc5c6ccccc6n(-c6ccc7oc8ccccc8c7c6)c45)c(-c4ccc5oc6ccccc6c5c4)cc32)cc1. The highest BCUT2D eigenvalue weighted by Crippen LogP contribution is 2.46. The average Bonchev–Trinajstić information content (AvgIpc) is 4.03. The summed E-state index contributed by atoms with van der Waals surface area (Å²) in [6.07, 6.45) is 0. The predicted octanol–water partition coefficient (Wildman–Crippen LogP) is 15.0. The Balaban J connectivity index is 1.17. The fourth-order valence-electron chi connectivity index (χ4n) is 9.58. The Bertz CT molecular complexity index is 3800. The summed E-state index contributed by atoms with van der Waals surface area (Å²) in [6.45, 7) is 0. The van der Waals surface area contributed by atoms with Crippen molar-refractivity contribution in [3.63, 3.8) is 0 Å². The van der Waals surface area contributed by atoms with E-state index in [0.29, 0.717) is 0 Å². The molecule has 270 valence electrons. The first-order valence-electron chi connectivity index (χ1n) is 19.8. The molecule has 0 amide bonds. The van der Waals surface area contributed by atoms with Crippen LogP contribution < -0.4 is 0 Å². The Labute approximate surface area is 332 Å². The minimum atomic E-state index is 0.885. The Hall–Kier alpha value is -7.82. The predicted molar refractivity (Wildman–Crippen MR) is 241 cm³/mol. The molecule has 58 heavy (non-hydrogen) atoms. The van der Waals surface area contributed by atoms with Crippen LogP contribution in [0.15, 0.2) is 203 Å². The summed E-state index contributed by atoms with van der Waals surface area (Å²) in [6, 6.07) is 69.8. The molecule has 0 aliphatic rings. The van der Waals surface area contributed by atoms with Gasteiger partial charge in [-0.3, -0.25) is 0 Å². The topological polar surface area (TPSA) is 36.1 Å². The lowest BCUT2D eigenvalue weighted by molar-refractivity contribution is 0.668. The van der Waals surface area contributed by atoms with E-state index in [9.17, 15) is 0 Å². The molecule has 13 aromatic rings. The molecule has 4 heteroatoms. The molecule has 0 unspecified atom stereocenters. The monoisotopic (exact) mass is 740 g/mol. The van der Waals surface area contributed by atoms with E-state index >= 15 is 0 Å². The molecule has 0 saturated carbocycles. The molecule has 13 rings (SSSR count). The van der Waals surface area contributed by atoms with Gasteiger partial charge in [0.1, 0.15) is 22.3 Å². The number of rotatable bonds is 4. The summed E-state index contributed by atoms with van der Waals surface area (Å²) in [5, 5.41) is 9.29. The maximum Gasteiger partial charge on any atom is 0.135 e. The zero-order valence-electron chi connectivity index (χ0n) is 31.2. The molecule has 0 aliphatic carbocycles. The maximum atomic E-state index is 6.34. The second-order valence-corrected chi connectivity index (χ2v) is 15.2. The molecule has 9 aromatic carbocycles. The van der Waals surface area contributed by atoms with Crippen LogP contribution >= 0.6 is 0 Å². The fraction of sp³-hybridized carbons (Fsp3) is 0. The van der Waals surface area contributed by atoms with Gasteiger partial charge in [-0.15, -0.1) is 0 Å². The van der Waals surface area contributed by atoms with E-state index in [0.717, 1.165) is 88.5 Å². The highest BCUT2D eigenvalue weighted by Gasteiger charge is 2.23. The first-order valence-corrected chi connectivity index (χ1v) is 19.8. The molecule has 4 aromatic heterocycles. The van der Waals surface area contributed by atoms with Gasteiger partial charge in [-0.25, -0.2) is 0 Å². The molecule has 0 atom stereocenters. The lowest BCUT2D eigenvalue weighted by Gasteiger charge is -2.17. The third kappa shape index (κ3) is 4.40. The second-order valence-electron chi connectivity index (χ2n) is 15.2. The molecular formula is C54H32N2O2. The Morgan fingerprint density at radius 3 is 1.59 bits per heavy atom. The van der Waals surface area contributed by atoms with Crippen LogP contribution in [0.4, 0.5) is 0 Å². The molecule has 0 N–H and O–H groups in total. The minimum absolute atomic E-state index is 0.885. The summed E-state index contributed by atoms with van der Waals surface area (Å²) in [5.41, 5.74) is 15.1. The van der Waals surface area contributed by atoms with Crippen molar-refractivity contribution >= 4 is 87.5 Å². The van der Waals surface area contributed by atoms with Crippen LogP contribution in [0.1, 0.15) is 0 Å². The molecule has 0 saturated heterocycles. The number of para-hydroxylation sites is 6. The first-order chi connectivity index (χ1) is 28.8. The molecule has 0 fully saturated rings. The van der Waals surface area contributed by atoms with Crippen molar-refractivity contribution in [2.24, 2.45) is 0 Å². The van der Waals surface area contributed by atoms with E-state index in [1.807, 2.05) is 24.3 Å². The van der Waals surface area contributed by atoms with Crippen LogP contribution in [0.25, 0.3) is 121 Å². The van der Waals surface area contributed by atoms with E-state index in [1.54, 1.807) is 0 Å². The normalized spacial score (nSPS) is 12.1. The lowest BCUT2D eigenvalue weighted by atomic mass is 9.90. The highest BCUT2D eigenvalue weighted by atomic mass is 16.3. The third-order valence-electron chi connectivity index (χ3n) is 12.1. The molecular weight excluding hydrogens is 709 g/mol. The van der Waals surface area contributed by atoms with Gasteiger partial charge in [0.15, 0.2) is 0 Å². The van der Waals surface area contributed by atoms with Gasteiger partial charge in [0.25, 0.3) is 0 Å². The number of nitrogens with zero attached hydrogens (tertiary/aromatic N) is 2. The van der Waals surface area contributed by atoms with Gasteiger partial charge in [0.2, 0.25) is 0 Å². The Morgan fingerprint density at radius 2 is 0.845 bits per heavy atom. The zero-order valence-corrected chi connectivity index (χ0v) is 31.2. The van der Waals surface area contributed by atoms with Crippen molar-refractivity contribution in [1.82, 2.24) is 9.13 Å². The van der Waals surface area contributed by atoms with E-state index in [-0.39, 0.29) is 0 Å². The van der Waals surface area contributed by atoms with Gasteiger partial charge in [-0.2, -0.15) is 0 Å². The van der Waals surface area contributed by atoms with Crippen LogP contribution in [0.2, 0.25) is 0 Å². The highest BCUT2D eigenvalue weighted by molar-refractivity contribution is 6.18. The standard InChI is InChI=1S/C54H32N2O2/c1-2-13-34(14-3-1)55-47-21-8-5-16-37(47)44-31-43(42(32-49(44)55)33-25-27-52-45(29-33)38-17-6-10-23-50(38)57-52)41-20-12-19-40-36-15-4-9-22-48(36)56(54(40)41)35-26-28-53-46(30-35)39-18-7-11-24-51(39)58-53/h1-32H. The number of hydrogen-bond donors (Lipinski definition) is 0. The van der Waals surface area contributed by atoms with Crippen LogP contribution in [0.3, 0.4) is 0 Å². The van der Waals surface area contributed by atoms with Crippen LogP contribution in [0.5, 0.6) is 0 Å². The van der Waals surface area contributed by atoms with Crippen LogP contribution in [0, 0.1) is 0 Å². The largest absolute Gasteiger partial charge is 0.456 e. The van der Waals surface area contributed by atoms with E-state index < -0.39 is 0 Å². The number of fused-ring (bicyclic) bond motifs is 12. The van der Waals surface area contributed by atoms with Crippen molar-refractivity contribution in [2.75, 3.05) is 0 Å². The maximum absolute atomic E-state index is 6.34. The van der Waals surface area contributed by atoms with Gasteiger partial charge in [-0.1, -0.05) is 115 Å². The van der Waals surface area contributed by atoms with E-state index in [4.69, 9.17) is 8.83 Å². The summed E-state index contributed by atoms with van der Waals surface area (Å²) in [5.74, 6) is 0. The quantitative estimate of drug-likeness (QED) is 0.180. The van der Waals surface area contributed by atoms with Crippen molar-refractivity contribution in [3.05, 3.63) is 194 Å². The Morgan fingerprint density at radius 1 is 0.276 bits per heavy atom. The molecule has 0 spiro atoms. The second kappa shape index (κ2) is 11.8. The van der Waals surface area contributed by atoms with E-state index in [2.05, 4.69) is 179 Å². The molecule has 0 bridgehead atoms. The van der Waals surface area contributed by atoms with E-state index in [1.165, 1.54) is 32.6 Å². The van der Waals surface area contributed by atoms with Gasteiger partial charge >= 0.3 is 0 Å². The van der Waals surface area contributed by atoms with Crippen molar-refractivity contribution < 1.29 is 8.83 Å². The smallest absolute Gasteiger partial charge is 0.135 e. The van der Waals surface area contributed by atoms with Gasteiger partial charge in [0.05, 0.1) is 22.1 Å². The number of benzene rings is 9. The average molecular weight is 741 g/mol. The summed E-state index contributed by atoms with van der Waals surface area (Å²) >= 11 is 0. The van der Waals surface area contributed by atoms with Gasteiger partial charge in [0, 0.05) is 60.0 Å².